The summed E-state index contributed by atoms with van der Waals surface area (Å²) in [5, 5.41) is 9.05. The molecule has 0 aliphatic rings. The average Bonchev–Trinajstić information content (AvgIpc) is 2.49. The molecule has 4 nitrogen and oxygen atoms in total. The van der Waals surface area contributed by atoms with Gasteiger partial charge in [0, 0.05) is 5.25 Å². The van der Waals surface area contributed by atoms with Gasteiger partial charge < -0.3 is 9.66 Å². The topological polar surface area (TPSA) is 77.4 Å². The zero-order valence-corrected chi connectivity index (χ0v) is 20.1. The molecule has 0 amide bonds. The van der Waals surface area contributed by atoms with Crippen molar-refractivity contribution in [2.75, 3.05) is 0 Å². The van der Waals surface area contributed by atoms with Gasteiger partial charge in [0.25, 0.3) is 0 Å². The van der Waals surface area contributed by atoms with Crippen LogP contribution in [0.5, 0.6) is 0 Å². The van der Waals surface area contributed by atoms with Gasteiger partial charge in [-0.1, -0.05) is 78.1 Å². The van der Waals surface area contributed by atoms with Crippen LogP contribution in [0.2, 0.25) is 0 Å². The molecular weight excluding hydrogens is 351 g/mol. The van der Waals surface area contributed by atoms with E-state index in [-0.39, 0.29) is 57.5 Å². The second kappa shape index (κ2) is 17.9. The maximum atomic E-state index is 11.3. The third kappa shape index (κ3) is 16.9. The van der Waals surface area contributed by atoms with Crippen molar-refractivity contribution >= 4 is 10.1 Å². The Morgan fingerprint density at radius 2 is 1.17 bits per heavy atom. The summed E-state index contributed by atoms with van der Waals surface area (Å²) in [6, 6.07) is 0. The Morgan fingerprint density at radius 3 is 1.67 bits per heavy atom. The third-order valence-electron chi connectivity index (χ3n) is 4.49. The largest absolute Gasteiger partial charge is 1.00 e. The molecule has 0 aromatic rings. The van der Waals surface area contributed by atoms with E-state index < -0.39 is 15.4 Å². The van der Waals surface area contributed by atoms with Crippen LogP contribution in [-0.4, -0.2) is 29.4 Å². The first kappa shape index (κ1) is 27.7. The molecule has 0 bridgehead atoms. The Hall–Kier alpha value is 1.51. The molecule has 0 radical (unpaired) electrons. The number of hydrogen-bond acceptors (Lipinski definition) is 4. The Bertz CT molecular complexity index is 360. The summed E-state index contributed by atoms with van der Waals surface area (Å²) in [6.45, 7) is 4.25. The molecule has 1 N–H and O–H groups in total. The van der Waals surface area contributed by atoms with Crippen molar-refractivity contribution < 1.29 is 69.5 Å². The van der Waals surface area contributed by atoms with Gasteiger partial charge >= 0.3 is 51.4 Å². The van der Waals surface area contributed by atoms with Gasteiger partial charge in [0.05, 0.1) is 16.2 Å². The van der Waals surface area contributed by atoms with Crippen LogP contribution < -0.4 is 51.4 Å². The van der Waals surface area contributed by atoms with Gasteiger partial charge in [0.2, 0.25) is 0 Å². The van der Waals surface area contributed by atoms with Crippen LogP contribution >= 0.6 is 0 Å². The molecule has 0 aromatic carbocycles. The van der Waals surface area contributed by atoms with Crippen LogP contribution in [0, 0.1) is 0 Å². The Morgan fingerprint density at radius 1 is 0.750 bits per heavy atom. The first-order valence-electron chi connectivity index (χ1n) is 9.54. The first-order chi connectivity index (χ1) is 10.9. The minimum atomic E-state index is -4.17. The van der Waals surface area contributed by atoms with Crippen molar-refractivity contribution in [2.45, 2.75) is 115 Å². The van der Waals surface area contributed by atoms with Crippen LogP contribution in [0.1, 0.15) is 104 Å². The quantitative estimate of drug-likeness (QED) is 0.248. The Kier molecular flexibility index (Phi) is 20.7. The Balaban J connectivity index is 0. The van der Waals surface area contributed by atoms with Crippen LogP contribution in [0.25, 0.3) is 0 Å². The van der Waals surface area contributed by atoms with Crippen LogP contribution in [0.4, 0.5) is 0 Å². The molecule has 2 atom stereocenters. The molecule has 0 aromatic heterocycles. The second-order valence-electron chi connectivity index (χ2n) is 6.75. The van der Waals surface area contributed by atoms with Gasteiger partial charge in [-0.05, 0) is 25.7 Å². The fraction of sp³-hybridized carbons (Fsp3) is 1.00. The van der Waals surface area contributed by atoms with Crippen molar-refractivity contribution in [3.63, 3.8) is 0 Å². The molecule has 0 rings (SSSR count). The summed E-state index contributed by atoms with van der Waals surface area (Å²) in [7, 11) is -4.17. The van der Waals surface area contributed by atoms with Crippen molar-refractivity contribution in [1.82, 2.24) is 0 Å². The minimum Gasteiger partial charge on any atom is -0.748 e. The second-order valence-corrected chi connectivity index (χ2v) is 8.40. The molecule has 6 heteroatoms. The number of unbranched alkanes of at least 4 members (excludes halogenated alkanes) is 7. The van der Waals surface area contributed by atoms with Gasteiger partial charge in [0.15, 0.2) is 0 Å². The fourth-order valence-corrected chi connectivity index (χ4v) is 3.83. The van der Waals surface area contributed by atoms with Crippen LogP contribution in [0.3, 0.4) is 0 Å². The summed E-state index contributed by atoms with van der Waals surface area (Å²) < 4.78 is 34.0. The van der Waals surface area contributed by atoms with E-state index in [1.54, 1.807) is 0 Å². The van der Waals surface area contributed by atoms with Crippen molar-refractivity contribution in [3.8, 4) is 0 Å². The van der Waals surface area contributed by atoms with E-state index in [0.29, 0.717) is 12.8 Å². The monoisotopic (exact) mass is 388 g/mol. The fourth-order valence-electron chi connectivity index (χ4n) is 2.92. The van der Waals surface area contributed by atoms with E-state index in [4.69, 9.17) is 0 Å². The molecule has 0 aliphatic carbocycles. The Labute approximate surface area is 192 Å². The predicted molar refractivity (Wildman–Crippen MR) is 95.5 cm³/mol. The molecular formula is C18H37KO4S. The molecule has 0 aliphatic heterocycles. The van der Waals surface area contributed by atoms with E-state index in [0.717, 1.165) is 70.6 Å². The average molecular weight is 389 g/mol. The van der Waals surface area contributed by atoms with E-state index in [9.17, 15) is 18.1 Å². The molecule has 24 heavy (non-hydrogen) atoms. The van der Waals surface area contributed by atoms with E-state index in [1.807, 2.05) is 0 Å². The SMILES string of the molecule is CCCCCCCC(CCCCCC(O)CCCC)S(=O)(=O)[O-].[K+]. The molecule has 0 spiro atoms. The van der Waals surface area contributed by atoms with Crippen LogP contribution in [0.15, 0.2) is 0 Å². The zero-order valence-electron chi connectivity index (χ0n) is 16.1. The van der Waals surface area contributed by atoms with E-state index in [1.165, 1.54) is 6.42 Å². The van der Waals surface area contributed by atoms with Crippen molar-refractivity contribution in [2.24, 2.45) is 0 Å². The minimum absolute atomic E-state index is 0. The van der Waals surface area contributed by atoms with E-state index in [2.05, 4.69) is 13.8 Å². The number of rotatable bonds is 16. The molecule has 0 heterocycles. The summed E-state index contributed by atoms with van der Waals surface area (Å²) in [4.78, 5) is 0. The van der Waals surface area contributed by atoms with Crippen molar-refractivity contribution in [1.29, 1.82) is 0 Å². The van der Waals surface area contributed by atoms with Crippen LogP contribution in [-0.2, 0) is 10.1 Å². The van der Waals surface area contributed by atoms with E-state index >= 15 is 0 Å². The summed E-state index contributed by atoms with van der Waals surface area (Å²) in [5.74, 6) is 0. The first-order valence-corrected chi connectivity index (χ1v) is 11.0. The number of aliphatic hydroxyl groups excluding tert-OH is 1. The maximum Gasteiger partial charge on any atom is 1.00 e. The maximum absolute atomic E-state index is 11.3. The van der Waals surface area contributed by atoms with Crippen molar-refractivity contribution in [3.05, 3.63) is 0 Å². The van der Waals surface area contributed by atoms with Gasteiger partial charge in [-0.15, -0.1) is 0 Å². The summed E-state index contributed by atoms with van der Waals surface area (Å²) in [6.07, 6.45) is 12.4. The molecule has 2 unspecified atom stereocenters. The predicted octanol–water partition coefficient (Wildman–Crippen LogP) is 1.77. The smallest absolute Gasteiger partial charge is 0.748 e. The molecule has 0 saturated heterocycles. The number of aliphatic hydroxyl groups is 1. The van der Waals surface area contributed by atoms with Gasteiger partial charge in [-0.25, -0.2) is 8.42 Å². The molecule has 140 valence electrons. The standard InChI is InChI=1S/C18H38O4S.K/c1-3-5-7-8-11-15-18(23(20,21)22)16-12-9-10-14-17(19)13-6-4-2;/h17-19H,3-16H2,1-2H3,(H,20,21,22);/q;+1/p-1. The molecule has 0 saturated carbocycles. The normalized spacial score (nSPS) is 14.2. The van der Waals surface area contributed by atoms with Gasteiger partial charge in [-0.2, -0.15) is 0 Å². The third-order valence-corrected chi connectivity index (χ3v) is 5.78. The molecule has 0 fully saturated rings. The number of hydrogen-bond donors (Lipinski definition) is 1. The van der Waals surface area contributed by atoms with Gasteiger partial charge in [0.1, 0.15) is 0 Å². The summed E-state index contributed by atoms with van der Waals surface area (Å²) in [5.41, 5.74) is 0. The summed E-state index contributed by atoms with van der Waals surface area (Å²) >= 11 is 0. The van der Waals surface area contributed by atoms with Gasteiger partial charge in [-0.3, -0.25) is 0 Å². The zero-order chi connectivity index (χ0) is 17.6.